The van der Waals surface area contributed by atoms with Gasteiger partial charge < -0.3 is 24.1 Å². The summed E-state index contributed by atoms with van der Waals surface area (Å²) in [5.74, 6) is 1.02. The Hall–Kier alpha value is -2.29. The molecule has 0 spiro atoms. The van der Waals surface area contributed by atoms with Crippen molar-refractivity contribution in [3.63, 3.8) is 0 Å². The molecule has 0 aliphatic heterocycles. The minimum Gasteiger partial charge on any atom is -0.497 e. The van der Waals surface area contributed by atoms with Crippen LogP contribution < -0.4 is 14.2 Å². The van der Waals surface area contributed by atoms with Gasteiger partial charge in [-0.1, -0.05) is 12.1 Å². The number of rotatable bonds is 10. The number of methoxy groups -OCH3 is 3. The second-order valence-corrected chi connectivity index (χ2v) is 7.85. The minimum absolute atomic E-state index is 0.0503. The molecule has 8 heteroatoms. The van der Waals surface area contributed by atoms with Gasteiger partial charge >= 0.3 is 0 Å². The molecule has 0 aliphatic rings. The fraction of sp³-hybridized carbons (Fsp3) is 0.368. The van der Waals surface area contributed by atoms with E-state index in [0.29, 0.717) is 11.5 Å². The van der Waals surface area contributed by atoms with Crippen molar-refractivity contribution in [2.45, 2.75) is 17.6 Å². The first-order chi connectivity index (χ1) is 12.9. The normalized spacial score (nSPS) is 12.4. The highest BCUT2D eigenvalue weighted by Crippen LogP contribution is 2.30. The average molecular weight is 396 g/mol. The van der Waals surface area contributed by atoms with Crippen LogP contribution in [0, 0.1) is 0 Å². The lowest BCUT2D eigenvalue weighted by molar-refractivity contribution is 0.0390. The molecule has 0 amide bonds. The zero-order valence-electron chi connectivity index (χ0n) is 15.5. The van der Waals surface area contributed by atoms with Gasteiger partial charge in [0.1, 0.15) is 5.75 Å². The Morgan fingerprint density at radius 1 is 0.926 bits per heavy atom. The van der Waals surface area contributed by atoms with Crippen LogP contribution in [0.15, 0.2) is 47.4 Å². The van der Waals surface area contributed by atoms with E-state index in [-0.39, 0.29) is 18.1 Å². The molecule has 2 rings (SSSR count). The standard InChI is InChI=1S/C19H24O7S/c1-23-16-6-4-14(5-7-16)11-26-12-15(20)13-27(21,22)17-8-9-18(24-2)19(10-17)25-3/h4-10,15,20H,11-13H2,1-3H3/t15-/m0/s1. The first-order valence-corrected chi connectivity index (χ1v) is 9.88. The Labute approximate surface area is 159 Å². The SMILES string of the molecule is COc1ccc(COC[C@H](O)CS(=O)(=O)c2ccc(OC)c(OC)c2)cc1. The van der Waals surface area contributed by atoms with Gasteiger partial charge in [-0.25, -0.2) is 8.42 Å². The van der Waals surface area contributed by atoms with Crippen molar-refractivity contribution in [1.29, 1.82) is 0 Å². The Balaban J connectivity index is 1.92. The predicted octanol–water partition coefficient (Wildman–Crippen LogP) is 2.06. The van der Waals surface area contributed by atoms with Gasteiger partial charge in [-0.2, -0.15) is 0 Å². The van der Waals surface area contributed by atoms with Gasteiger partial charge in [-0.3, -0.25) is 0 Å². The van der Waals surface area contributed by atoms with Crippen molar-refractivity contribution in [3.8, 4) is 17.2 Å². The first kappa shape index (κ1) is 21.0. The summed E-state index contributed by atoms with van der Waals surface area (Å²) in [6, 6.07) is 11.6. The third-order valence-electron chi connectivity index (χ3n) is 3.86. The molecule has 2 aromatic carbocycles. The van der Waals surface area contributed by atoms with Gasteiger partial charge in [0.2, 0.25) is 0 Å². The van der Waals surface area contributed by atoms with Crippen molar-refractivity contribution in [3.05, 3.63) is 48.0 Å². The lowest BCUT2D eigenvalue weighted by atomic mass is 10.2. The average Bonchev–Trinajstić information content (AvgIpc) is 2.67. The molecule has 1 N–H and O–H groups in total. The molecule has 7 nitrogen and oxygen atoms in total. The van der Waals surface area contributed by atoms with Gasteiger partial charge in [0.05, 0.1) is 51.3 Å². The topological polar surface area (TPSA) is 91.3 Å². The third-order valence-corrected chi connectivity index (χ3v) is 5.66. The zero-order valence-corrected chi connectivity index (χ0v) is 16.4. The van der Waals surface area contributed by atoms with Gasteiger partial charge in [0.15, 0.2) is 21.3 Å². The summed E-state index contributed by atoms with van der Waals surface area (Å²) in [7, 11) is 0.776. The molecule has 148 valence electrons. The maximum Gasteiger partial charge on any atom is 0.181 e. The number of benzene rings is 2. The van der Waals surface area contributed by atoms with E-state index in [1.54, 1.807) is 19.2 Å². The molecule has 0 heterocycles. The number of hydrogen-bond donors (Lipinski definition) is 1. The van der Waals surface area contributed by atoms with Crippen molar-refractivity contribution >= 4 is 9.84 Å². The Bertz CT molecular complexity index is 832. The number of ether oxygens (including phenoxy) is 4. The van der Waals surface area contributed by atoms with Crippen LogP contribution in [-0.2, 0) is 21.2 Å². The molecule has 0 aromatic heterocycles. The van der Waals surface area contributed by atoms with Crippen LogP contribution in [0.4, 0.5) is 0 Å². The van der Waals surface area contributed by atoms with Crippen molar-refractivity contribution in [1.82, 2.24) is 0 Å². The van der Waals surface area contributed by atoms with E-state index < -0.39 is 21.7 Å². The van der Waals surface area contributed by atoms with Gasteiger partial charge in [-0.15, -0.1) is 0 Å². The highest BCUT2D eigenvalue weighted by atomic mass is 32.2. The van der Waals surface area contributed by atoms with Gasteiger partial charge in [0, 0.05) is 6.07 Å². The summed E-state index contributed by atoms with van der Waals surface area (Å²) in [4.78, 5) is 0.0503. The van der Waals surface area contributed by atoms with E-state index in [1.165, 1.54) is 32.4 Å². The predicted molar refractivity (Wildman–Crippen MR) is 100 cm³/mol. The summed E-state index contributed by atoms with van der Waals surface area (Å²) < 4.78 is 45.7. The maximum atomic E-state index is 12.5. The Morgan fingerprint density at radius 3 is 2.19 bits per heavy atom. The van der Waals surface area contributed by atoms with Crippen LogP contribution >= 0.6 is 0 Å². The largest absolute Gasteiger partial charge is 0.497 e. The summed E-state index contributed by atoms with van der Waals surface area (Å²) in [5.41, 5.74) is 0.894. The molecule has 27 heavy (non-hydrogen) atoms. The fourth-order valence-electron chi connectivity index (χ4n) is 2.44. The highest BCUT2D eigenvalue weighted by molar-refractivity contribution is 7.91. The second kappa shape index (κ2) is 9.59. The zero-order chi connectivity index (χ0) is 19.9. The molecule has 0 saturated carbocycles. The van der Waals surface area contributed by atoms with Crippen LogP contribution in [0.5, 0.6) is 17.2 Å². The van der Waals surface area contributed by atoms with E-state index in [2.05, 4.69) is 0 Å². The molecular weight excluding hydrogens is 372 g/mol. The van der Waals surface area contributed by atoms with Crippen LogP contribution in [0.1, 0.15) is 5.56 Å². The molecule has 0 radical (unpaired) electrons. The van der Waals surface area contributed by atoms with E-state index in [4.69, 9.17) is 18.9 Å². The number of aliphatic hydroxyl groups is 1. The van der Waals surface area contributed by atoms with Gasteiger partial charge in [0.25, 0.3) is 0 Å². The maximum absolute atomic E-state index is 12.5. The number of hydrogen-bond acceptors (Lipinski definition) is 7. The van der Waals surface area contributed by atoms with Crippen molar-refractivity contribution < 1.29 is 32.5 Å². The third kappa shape index (κ3) is 5.85. The Kier molecular flexibility index (Phi) is 7.46. The van der Waals surface area contributed by atoms with Crippen molar-refractivity contribution in [2.75, 3.05) is 33.7 Å². The van der Waals surface area contributed by atoms with E-state index in [1.807, 2.05) is 12.1 Å². The summed E-state index contributed by atoms with van der Waals surface area (Å²) in [6.07, 6.45) is -1.15. The summed E-state index contributed by atoms with van der Waals surface area (Å²) >= 11 is 0. The minimum atomic E-state index is -3.70. The van der Waals surface area contributed by atoms with E-state index >= 15 is 0 Å². The smallest absolute Gasteiger partial charge is 0.181 e. The highest BCUT2D eigenvalue weighted by Gasteiger charge is 2.21. The molecule has 0 bridgehead atoms. The summed E-state index contributed by atoms with van der Waals surface area (Å²) in [5, 5.41) is 10.1. The lowest BCUT2D eigenvalue weighted by Gasteiger charge is -2.14. The molecule has 0 aliphatic carbocycles. The van der Waals surface area contributed by atoms with Crippen LogP contribution in [0.2, 0.25) is 0 Å². The number of aliphatic hydroxyl groups excluding tert-OH is 1. The van der Waals surface area contributed by atoms with Crippen LogP contribution in [0.25, 0.3) is 0 Å². The van der Waals surface area contributed by atoms with Crippen LogP contribution in [-0.4, -0.2) is 53.3 Å². The molecule has 0 unspecified atom stereocenters. The Morgan fingerprint density at radius 2 is 1.59 bits per heavy atom. The molecule has 1 atom stereocenters. The molecular formula is C19H24O7S. The van der Waals surface area contributed by atoms with E-state index in [0.717, 1.165) is 11.3 Å². The lowest BCUT2D eigenvalue weighted by Crippen LogP contribution is -2.25. The van der Waals surface area contributed by atoms with E-state index in [9.17, 15) is 13.5 Å². The fourth-order valence-corrected chi connectivity index (χ4v) is 3.80. The second-order valence-electron chi connectivity index (χ2n) is 5.82. The van der Waals surface area contributed by atoms with Gasteiger partial charge in [-0.05, 0) is 29.8 Å². The number of sulfone groups is 1. The summed E-state index contributed by atoms with van der Waals surface area (Å²) in [6.45, 7) is 0.163. The monoisotopic (exact) mass is 396 g/mol. The first-order valence-electron chi connectivity index (χ1n) is 8.23. The van der Waals surface area contributed by atoms with Crippen LogP contribution in [0.3, 0.4) is 0 Å². The van der Waals surface area contributed by atoms with Crippen molar-refractivity contribution in [2.24, 2.45) is 0 Å². The molecule has 2 aromatic rings. The quantitative estimate of drug-likeness (QED) is 0.657. The molecule has 0 saturated heterocycles. The molecule has 0 fully saturated rings.